The normalized spacial score (nSPS) is 12.2. The van der Waals surface area contributed by atoms with Crippen molar-refractivity contribution in [1.29, 1.82) is 0 Å². The van der Waals surface area contributed by atoms with Crippen LogP contribution in [0, 0.1) is 5.82 Å². The number of rotatable bonds is 6. The number of hydrogen-bond acceptors (Lipinski definition) is 5. The molecule has 0 saturated carbocycles. The molecule has 6 nitrogen and oxygen atoms in total. The first-order chi connectivity index (χ1) is 14.6. The number of anilines is 1. The van der Waals surface area contributed by atoms with E-state index in [2.05, 4.69) is 15.3 Å². The van der Waals surface area contributed by atoms with Gasteiger partial charge in [-0.2, -0.15) is 13.2 Å². The molecule has 0 radical (unpaired) electrons. The highest BCUT2D eigenvalue weighted by molar-refractivity contribution is 6.30. The predicted molar refractivity (Wildman–Crippen MR) is 104 cm³/mol. The molecule has 1 unspecified atom stereocenters. The number of alkyl halides is 3. The highest BCUT2D eigenvalue weighted by atomic mass is 35.5. The van der Waals surface area contributed by atoms with Gasteiger partial charge < -0.3 is 14.8 Å². The average molecular weight is 456 g/mol. The van der Waals surface area contributed by atoms with E-state index in [9.17, 15) is 22.4 Å². The summed E-state index contributed by atoms with van der Waals surface area (Å²) in [7, 11) is 0. The highest BCUT2D eigenvalue weighted by Crippen LogP contribution is 2.33. The van der Waals surface area contributed by atoms with Crippen molar-refractivity contribution in [2.24, 2.45) is 0 Å². The molecule has 0 aliphatic heterocycles. The van der Waals surface area contributed by atoms with E-state index >= 15 is 0 Å². The lowest BCUT2D eigenvalue weighted by Crippen LogP contribution is -2.31. The average Bonchev–Trinajstić information content (AvgIpc) is 2.71. The molecule has 2 aromatic heterocycles. The van der Waals surface area contributed by atoms with Crippen molar-refractivity contribution in [2.45, 2.75) is 19.2 Å². The van der Waals surface area contributed by atoms with Crippen LogP contribution in [0.2, 0.25) is 5.02 Å². The minimum Gasteiger partial charge on any atom is -0.481 e. The molecule has 0 spiro atoms. The van der Waals surface area contributed by atoms with E-state index in [0.717, 1.165) is 24.4 Å². The van der Waals surface area contributed by atoms with Gasteiger partial charge in [-0.3, -0.25) is 4.79 Å². The predicted octanol–water partition coefficient (Wildman–Crippen LogP) is 5.49. The third-order valence-corrected chi connectivity index (χ3v) is 4.06. The zero-order valence-corrected chi connectivity index (χ0v) is 16.5. The molecule has 3 rings (SSSR count). The Morgan fingerprint density at radius 1 is 1.13 bits per heavy atom. The van der Waals surface area contributed by atoms with Crippen LogP contribution in [0.1, 0.15) is 12.5 Å². The second kappa shape index (κ2) is 9.17. The quantitative estimate of drug-likeness (QED) is 0.498. The van der Waals surface area contributed by atoms with E-state index < -0.39 is 35.4 Å². The molecule has 1 amide bonds. The van der Waals surface area contributed by atoms with E-state index in [1.807, 2.05) is 0 Å². The van der Waals surface area contributed by atoms with Crippen molar-refractivity contribution >= 4 is 23.3 Å². The number of pyridine rings is 2. The lowest BCUT2D eigenvalue weighted by Gasteiger charge is -2.17. The summed E-state index contributed by atoms with van der Waals surface area (Å²) in [4.78, 5) is 19.5. The molecule has 3 aromatic rings. The summed E-state index contributed by atoms with van der Waals surface area (Å²) in [6.45, 7) is 1.36. The third-order valence-electron chi connectivity index (χ3n) is 3.85. The Labute approximate surface area is 178 Å². The number of hydrogen-bond donors (Lipinski definition) is 1. The standard InChI is InChI=1S/C20H14ClF4N3O3/c1-11(18(29)28-17-15(20(23,24)25)3-2-8-26-17)30-13-4-6-14(7-5-13)31-19-16(22)9-12(21)10-27-19/h2-11H,1H3,(H,26,28,29). The van der Waals surface area contributed by atoms with Crippen LogP contribution in [0.3, 0.4) is 0 Å². The number of amides is 1. The van der Waals surface area contributed by atoms with Crippen LogP contribution in [0.4, 0.5) is 23.4 Å². The Hall–Kier alpha value is -3.40. The van der Waals surface area contributed by atoms with Gasteiger partial charge in [0.25, 0.3) is 11.8 Å². The Morgan fingerprint density at radius 2 is 1.81 bits per heavy atom. The van der Waals surface area contributed by atoms with Crippen LogP contribution >= 0.6 is 11.6 Å². The fraction of sp³-hybridized carbons (Fsp3) is 0.150. The number of nitrogens with one attached hydrogen (secondary N) is 1. The van der Waals surface area contributed by atoms with Gasteiger partial charge in [-0.05, 0) is 49.4 Å². The second-order valence-electron chi connectivity index (χ2n) is 6.16. The van der Waals surface area contributed by atoms with E-state index in [-0.39, 0.29) is 22.4 Å². The largest absolute Gasteiger partial charge is 0.481 e. The summed E-state index contributed by atoms with van der Waals surface area (Å²) in [5.41, 5.74) is -1.07. The number of ether oxygens (including phenoxy) is 2. The summed E-state index contributed by atoms with van der Waals surface area (Å²) >= 11 is 5.63. The fourth-order valence-corrected chi connectivity index (χ4v) is 2.53. The van der Waals surface area contributed by atoms with Gasteiger partial charge in [0.2, 0.25) is 0 Å². The zero-order chi connectivity index (χ0) is 22.6. The highest BCUT2D eigenvalue weighted by Gasteiger charge is 2.35. The van der Waals surface area contributed by atoms with Crippen molar-refractivity contribution in [3.8, 4) is 17.4 Å². The number of carbonyl (C=O) groups is 1. The molecule has 1 atom stereocenters. The summed E-state index contributed by atoms with van der Waals surface area (Å²) in [6.07, 6.45) is -3.45. The van der Waals surface area contributed by atoms with Crippen LogP contribution in [-0.4, -0.2) is 22.0 Å². The number of halogens is 5. The first kappa shape index (κ1) is 22.3. The molecule has 162 valence electrons. The summed E-state index contributed by atoms with van der Waals surface area (Å²) in [5, 5.41) is 2.23. The van der Waals surface area contributed by atoms with Crippen LogP contribution in [0.15, 0.2) is 54.9 Å². The molecule has 31 heavy (non-hydrogen) atoms. The number of aromatic nitrogens is 2. The Morgan fingerprint density at radius 3 is 2.45 bits per heavy atom. The lowest BCUT2D eigenvalue weighted by atomic mass is 10.2. The van der Waals surface area contributed by atoms with Crippen molar-refractivity contribution in [2.75, 3.05) is 5.32 Å². The molecular weight excluding hydrogens is 442 g/mol. The molecule has 0 saturated heterocycles. The van der Waals surface area contributed by atoms with Crippen LogP contribution < -0.4 is 14.8 Å². The molecule has 0 aliphatic rings. The van der Waals surface area contributed by atoms with Gasteiger partial charge in [0.05, 0.1) is 10.6 Å². The van der Waals surface area contributed by atoms with Crippen molar-refractivity contribution < 1.29 is 31.8 Å². The molecule has 11 heteroatoms. The topological polar surface area (TPSA) is 73.3 Å². The minimum absolute atomic E-state index is 0.119. The Bertz CT molecular complexity index is 1080. The molecule has 0 bridgehead atoms. The smallest absolute Gasteiger partial charge is 0.419 e. The number of nitrogens with zero attached hydrogens (tertiary/aromatic N) is 2. The van der Waals surface area contributed by atoms with Gasteiger partial charge in [-0.1, -0.05) is 11.6 Å². The zero-order valence-electron chi connectivity index (χ0n) is 15.8. The maximum Gasteiger partial charge on any atom is 0.419 e. The summed E-state index contributed by atoms with van der Waals surface area (Å²) in [5.74, 6) is -1.99. The van der Waals surface area contributed by atoms with Crippen molar-refractivity contribution in [3.63, 3.8) is 0 Å². The number of benzene rings is 1. The summed E-state index contributed by atoms with van der Waals surface area (Å²) in [6, 6.07) is 8.74. The van der Waals surface area contributed by atoms with E-state index in [0.29, 0.717) is 0 Å². The molecule has 0 aliphatic carbocycles. The van der Waals surface area contributed by atoms with Gasteiger partial charge in [0, 0.05) is 12.4 Å². The van der Waals surface area contributed by atoms with Crippen LogP contribution in [0.25, 0.3) is 0 Å². The monoisotopic (exact) mass is 455 g/mol. The lowest BCUT2D eigenvalue weighted by molar-refractivity contribution is -0.137. The van der Waals surface area contributed by atoms with E-state index in [4.69, 9.17) is 21.1 Å². The molecule has 1 N–H and O–H groups in total. The fourth-order valence-electron chi connectivity index (χ4n) is 2.38. The first-order valence-corrected chi connectivity index (χ1v) is 9.10. The molecule has 2 heterocycles. The van der Waals surface area contributed by atoms with E-state index in [1.165, 1.54) is 37.4 Å². The van der Waals surface area contributed by atoms with Gasteiger partial charge in [0.15, 0.2) is 11.9 Å². The van der Waals surface area contributed by atoms with Gasteiger partial charge >= 0.3 is 6.18 Å². The van der Waals surface area contributed by atoms with Crippen molar-refractivity contribution in [1.82, 2.24) is 9.97 Å². The second-order valence-corrected chi connectivity index (χ2v) is 6.60. The van der Waals surface area contributed by atoms with Gasteiger partial charge in [-0.15, -0.1) is 0 Å². The van der Waals surface area contributed by atoms with Gasteiger partial charge in [0.1, 0.15) is 17.3 Å². The molecular formula is C20H14ClF4N3O3. The Balaban J connectivity index is 1.63. The van der Waals surface area contributed by atoms with Gasteiger partial charge in [-0.25, -0.2) is 14.4 Å². The Kier molecular flexibility index (Phi) is 6.59. The molecule has 0 fully saturated rings. The first-order valence-electron chi connectivity index (χ1n) is 8.72. The minimum atomic E-state index is -4.67. The number of carbonyl (C=O) groups excluding carboxylic acids is 1. The maximum absolute atomic E-state index is 13.7. The third kappa shape index (κ3) is 5.82. The maximum atomic E-state index is 13.7. The van der Waals surface area contributed by atoms with Crippen molar-refractivity contribution in [3.05, 3.63) is 71.3 Å². The van der Waals surface area contributed by atoms with Crippen LogP contribution in [0.5, 0.6) is 17.4 Å². The molecule has 1 aromatic carbocycles. The SMILES string of the molecule is CC(Oc1ccc(Oc2ncc(Cl)cc2F)cc1)C(=O)Nc1ncccc1C(F)(F)F. The van der Waals surface area contributed by atoms with E-state index in [1.54, 1.807) is 0 Å². The van der Waals surface area contributed by atoms with Crippen LogP contribution in [-0.2, 0) is 11.0 Å². The summed E-state index contributed by atoms with van der Waals surface area (Å²) < 4.78 is 63.5.